The van der Waals surface area contributed by atoms with Gasteiger partial charge in [0.1, 0.15) is 6.61 Å². The van der Waals surface area contributed by atoms with Crippen molar-refractivity contribution < 1.29 is 4.74 Å². The van der Waals surface area contributed by atoms with Crippen molar-refractivity contribution in [3.8, 4) is 5.88 Å². The molecule has 1 heterocycles. The highest BCUT2D eigenvalue weighted by Crippen LogP contribution is 2.22. The second-order valence-electron chi connectivity index (χ2n) is 6.15. The minimum absolute atomic E-state index is 0.0303. The summed E-state index contributed by atoms with van der Waals surface area (Å²) in [4.78, 5) is 6.54. The summed E-state index contributed by atoms with van der Waals surface area (Å²) >= 11 is 3.46. The van der Waals surface area contributed by atoms with Crippen LogP contribution in [0.15, 0.2) is 16.7 Å². The van der Waals surface area contributed by atoms with Crippen LogP contribution < -0.4 is 10.1 Å². The molecule has 1 aromatic heterocycles. The summed E-state index contributed by atoms with van der Waals surface area (Å²) in [5.41, 5.74) is 1.04. The minimum Gasteiger partial charge on any atom is -0.475 e. The lowest BCUT2D eigenvalue weighted by atomic mass is 10.1. The Morgan fingerprint density at radius 1 is 1.40 bits per heavy atom. The van der Waals surface area contributed by atoms with Crippen molar-refractivity contribution in [1.29, 1.82) is 0 Å². The number of likely N-dealkylation sites (N-methyl/N-ethyl adjacent to an activating group) is 1. The molecule has 0 saturated carbocycles. The van der Waals surface area contributed by atoms with E-state index in [4.69, 9.17) is 4.74 Å². The number of aromatic nitrogens is 1. The quantitative estimate of drug-likeness (QED) is 0.825. The lowest BCUT2D eigenvalue weighted by molar-refractivity contribution is 0.110. The third kappa shape index (κ3) is 5.38. The Balaban J connectivity index is 2.78. The van der Waals surface area contributed by atoms with Gasteiger partial charge in [-0.2, -0.15) is 0 Å². The summed E-state index contributed by atoms with van der Waals surface area (Å²) in [6.07, 6.45) is 1.77. The lowest BCUT2D eigenvalue weighted by Gasteiger charge is -2.32. The van der Waals surface area contributed by atoms with Crippen molar-refractivity contribution >= 4 is 15.9 Å². The number of ether oxygens (including phenoxy) is 1. The fraction of sp³-hybridized carbons (Fsp3) is 0.667. The third-order valence-electron chi connectivity index (χ3n) is 3.37. The molecular weight excluding hydrogens is 318 g/mol. The van der Waals surface area contributed by atoms with Crippen molar-refractivity contribution in [2.24, 2.45) is 0 Å². The van der Waals surface area contributed by atoms with Gasteiger partial charge >= 0.3 is 0 Å². The fourth-order valence-electron chi connectivity index (χ4n) is 1.41. The van der Waals surface area contributed by atoms with Gasteiger partial charge in [0.2, 0.25) is 5.88 Å². The van der Waals surface area contributed by atoms with Crippen molar-refractivity contribution in [3.63, 3.8) is 0 Å². The Bertz CT molecular complexity index is 433. The van der Waals surface area contributed by atoms with E-state index < -0.39 is 0 Å². The molecule has 0 radical (unpaired) electrons. The average Bonchev–Trinajstić information content (AvgIpc) is 2.34. The zero-order valence-electron chi connectivity index (χ0n) is 13.3. The van der Waals surface area contributed by atoms with E-state index >= 15 is 0 Å². The standard InChI is InChI=1S/C15H26BrN3O/c1-11(2)17-8-12-7-13(16)9-18-14(12)20-10-15(3,4)19(5)6/h7,9,11,17H,8,10H2,1-6H3. The first-order valence-corrected chi connectivity index (χ1v) is 7.69. The van der Waals surface area contributed by atoms with E-state index in [1.54, 1.807) is 6.20 Å². The predicted molar refractivity (Wildman–Crippen MR) is 87.2 cm³/mol. The molecular formula is C15H26BrN3O. The van der Waals surface area contributed by atoms with Gasteiger partial charge in [-0.15, -0.1) is 0 Å². The van der Waals surface area contributed by atoms with Gasteiger partial charge in [-0.25, -0.2) is 4.98 Å². The van der Waals surface area contributed by atoms with Crippen LogP contribution in [-0.2, 0) is 6.54 Å². The molecule has 0 spiro atoms. The molecule has 1 aromatic rings. The average molecular weight is 344 g/mol. The van der Waals surface area contributed by atoms with E-state index in [1.807, 2.05) is 0 Å². The summed E-state index contributed by atoms with van der Waals surface area (Å²) < 4.78 is 6.91. The van der Waals surface area contributed by atoms with Crippen LogP contribution in [-0.4, -0.2) is 42.2 Å². The SMILES string of the molecule is CC(C)NCc1cc(Br)cnc1OCC(C)(C)N(C)C. The number of pyridine rings is 1. The molecule has 1 rings (SSSR count). The van der Waals surface area contributed by atoms with E-state index in [-0.39, 0.29) is 5.54 Å². The Kier molecular flexibility index (Phi) is 6.43. The normalized spacial score (nSPS) is 12.2. The van der Waals surface area contributed by atoms with E-state index in [9.17, 15) is 0 Å². The largest absolute Gasteiger partial charge is 0.475 e. The van der Waals surface area contributed by atoms with Crippen molar-refractivity contribution in [1.82, 2.24) is 15.2 Å². The van der Waals surface area contributed by atoms with Crippen LogP contribution in [0.4, 0.5) is 0 Å². The van der Waals surface area contributed by atoms with Gasteiger partial charge in [0, 0.05) is 34.4 Å². The minimum atomic E-state index is -0.0303. The van der Waals surface area contributed by atoms with Crippen LogP contribution in [0.1, 0.15) is 33.3 Å². The molecule has 0 aromatic carbocycles. The summed E-state index contributed by atoms with van der Waals surface area (Å²) in [6.45, 7) is 9.91. The molecule has 1 N–H and O–H groups in total. The lowest BCUT2D eigenvalue weighted by Crippen LogP contribution is -2.43. The molecule has 0 amide bonds. The van der Waals surface area contributed by atoms with Gasteiger partial charge in [-0.05, 0) is 49.9 Å². The summed E-state index contributed by atoms with van der Waals surface area (Å²) in [5, 5.41) is 3.40. The first-order valence-electron chi connectivity index (χ1n) is 6.90. The topological polar surface area (TPSA) is 37.4 Å². The van der Waals surface area contributed by atoms with Crippen LogP contribution in [0.2, 0.25) is 0 Å². The molecule has 0 atom stereocenters. The maximum absolute atomic E-state index is 5.94. The Morgan fingerprint density at radius 2 is 2.05 bits per heavy atom. The third-order valence-corrected chi connectivity index (χ3v) is 3.80. The zero-order chi connectivity index (χ0) is 15.3. The molecule has 114 valence electrons. The predicted octanol–water partition coefficient (Wildman–Crippen LogP) is 3.06. The molecule has 5 heteroatoms. The molecule has 0 saturated heterocycles. The maximum Gasteiger partial charge on any atom is 0.217 e. The number of hydrogen-bond donors (Lipinski definition) is 1. The highest BCUT2D eigenvalue weighted by atomic mass is 79.9. The summed E-state index contributed by atoms with van der Waals surface area (Å²) in [6, 6.07) is 2.49. The molecule has 20 heavy (non-hydrogen) atoms. The van der Waals surface area contributed by atoms with Gasteiger partial charge in [0.25, 0.3) is 0 Å². The van der Waals surface area contributed by atoms with Crippen LogP contribution in [0.25, 0.3) is 0 Å². The molecule has 4 nitrogen and oxygen atoms in total. The molecule has 0 aliphatic rings. The second-order valence-corrected chi connectivity index (χ2v) is 7.06. The first-order chi connectivity index (χ1) is 9.22. The van der Waals surface area contributed by atoms with E-state index in [0.29, 0.717) is 18.5 Å². The monoisotopic (exact) mass is 343 g/mol. The first kappa shape index (κ1) is 17.4. The fourth-order valence-corrected chi connectivity index (χ4v) is 1.79. The van der Waals surface area contributed by atoms with Crippen molar-refractivity contribution in [2.75, 3.05) is 20.7 Å². The highest BCUT2D eigenvalue weighted by molar-refractivity contribution is 9.10. The van der Waals surface area contributed by atoms with Crippen LogP contribution >= 0.6 is 15.9 Å². The number of rotatable bonds is 7. The van der Waals surface area contributed by atoms with Crippen LogP contribution in [0.3, 0.4) is 0 Å². The Morgan fingerprint density at radius 3 is 2.60 bits per heavy atom. The second kappa shape index (κ2) is 7.38. The molecule has 0 bridgehead atoms. The smallest absolute Gasteiger partial charge is 0.217 e. The summed E-state index contributed by atoms with van der Waals surface area (Å²) in [5.74, 6) is 0.705. The Hall–Kier alpha value is -0.650. The molecule has 0 aliphatic carbocycles. The van der Waals surface area contributed by atoms with Crippen molar-refractivity contribution in [2.45, 2.75) is 45.8 Å². The summed E-state index contributed by atoms with van der Waals surface area (Å²) in [7, 11) is 4.11. The van der Waals surface area contributed by atoms with Gasteiger partial charge < -0.3 is 15.0 Å². The molecule has 0 aliphatic heterocycles. The molecule has 0 fully saturated rings. The van der Waals surface area contributed by atoms with Crippen LogP contribution in [0.5, 0.6) is 5.88 Å². The van der Waals surface area contributed by atoms with E-state index in [1.165, 1.54) is 0 Å². The van der Waals surface area contributed by atoms with Gasteiger partial charge in [-0.1, -0.05) is 13.8 Å². The van der Waals surface area contributed by atoms with Gasteiger partial charge in [-0.3, -0.25) is 0 Å². The number of nitrogens with zero attached hydrogens (tertiary/aromatic N) is 2. The number of nitrogens with one attached hydrogen (secondary N) is 1. The zero-order valence-corrected chi connectivity index (χ0v) is 14.9. The van der Waals surface area contributed by atoms with Crippen molar-refractivity contribution in [3.05, 3.63) is 22.3 Å². The van der Waals surface area contributed by atoms with Crippen LogP contribution in [0, 0.1) is 0 Å². The van der Waals surface area contributed by atoms with E-state index in [0.717, 1.165) is 16.6 Å². The van der Waals surface area contributed by atoms with Gasteiger partial charge in [0.15, 0.2) is 0 Å². The highest BCUT2D eigenvalue weighted by Gasteiger charge is 2.22. The maximum atomic E-state index is 5.94. The van der Waals surface area contributed by atoms with E-state index in [2.05, 4.69) is 79.0 Å². The van der Waals surface area contributed by atoms with Gasteiger partial charge in [0.05, 0.1) is 0 Å². The Labute approximate surface area is 131 Å². The number of hydrogen-bond acceptors (Lipinski definition) is 4. The number of halogens is 1. The molecule has 0 unspecified atom stereocenters.